The van der Waals surface area contributed by atoms with Gasteiger partial charge in [-0.25, -0.2) is 4.79 Å². The molecular weight excluding hydrogens is 256 g/mol. The van der Waals surface area contributed by atoms with Crippen molar-refractivity contribution in [3.63, 3.8) is 0 Å². The van der Waals surface area contributed by atoms with Gasteiger partial charge in [0.1, 0.15) is 0 Å². The first kappa shape index (κ1) is 14.6. The van der Waals surface area contributed by atoms with Gasteiger partial charge >= 0.3 is 5.97 Å². The second-order valence-electron chi connectivity index (χ2n) is 4.48. The van der Waals surface area contributed by atoms with Crippen LogP contribution in [-0.4, -0.2) is 19.2 Å². The molecule has 4 heteroatoms. The molecule has 0 saturated carbocycles. The average Bonchev–Trinajstić information content (AvgIpc) is 2.77. The Morgan fingerprint density at radius 3 is 2.35 bits per heavy atom. The molecule has 0 fully saturated rings. The molecule has 0 amide bonds. The van der Waals surface area contributed by atoms with Crippen molar-refractivity contribution in [3.05, 3.63) is 47.2 Å². The maximum Gasteiger partial charge on any atom is 0.376 e. The summed E-state index contributed by atoms with van der Waals surface area (Å²) in [4.78, 5) is 11.9. The SMILES string of the molecule is CCOC1=CC(OCC)(c2ccc(CC)cc2)OC1=O. The van der Waals surface area contributed by atoms with Crippen LogP contribution in [0, 0.1) is 0 Å². The summed E-state index contributed by atoms with van der Waals surface area (Å²) in [5, 5.41) is 0. The van der Waals surface area contributed by atoms with E-state index in [0.717, 1.165) is 12.0 Å². The molecule has 4 nitrogen and oxygen atoms in total. The predicted octanol–water partition coefficient (Wildman–Crippen LogP) is 2.92. The minimum absolute atomic E-state index is 0.209. The number of carbonyl (C=O) groups is 1. The second-order valence-corrected chi connectivity index (χ2v) is 4.48. The first-order valence-electron chi connectivity index (χ1n) is 6.97. The monoisotopic (exact) mass is 276 g/mol. The van der Waals surface area contributed by atoms with Crippen molar-refractivity contribution < 1.29 is 19.0 Å². The molecule has 1 aromatic rings. The van der Waals surface area contributed by atoms with Crippen LogP contribution in [0.15, 0.2) is 36.1 Å². The van der Waals surface area contributed by atoms with Crippen LogP contribution in [0.2, 0.25) is 0 Å². The number of esters is 1. The van der Waals surface area contributed by atoms with E-state index in [9.17, 15) is 4.79 Å². The molecule has 0 saturated heterocycles. The lowest BCUT2D eigenvalue weighted by Crippen LogP contribution is -2.29. The Morgan fingerprint density at radius 2 is 1.80 bits per heavy atom. The third-order valence-electron chi connectivity index (χ3n) is 3.19. The van der Waals surface area contributed by atoms with Crippen molar-refractivity contribution in [1.82, 2.24) is 0 Å². The van der Waals surface area contributed by atoms with E-state index in [1.807, 2.05) is 38.1 Å². The highest BCUT2D eigenvalue weighted by molar-refractivity contribution is 5.89. The Labute approximate surface area is 119 Å². The highest BCUT2D eigenvalue weighted by Crippen LogP contribution is 2.36. The van der Waals surface area contributed by atoms with Crippen LogP contribution >= 0.6 is 0 Å². The molecule has 108 valence electrons. The summed E-state index contributed by atoms with van der Waals surface area (Å²) in [5.41, 5.74) is 2.01. The van der Waals surface area contributed by atoms with Gasteiger partial charge in [-0.1, -0.05) is 31.2 Å². The number of ether oxygens (including phenoxy) is 3. The van der Waals surface area contributed by atoms with E-state index in [1.165, 1.54) is 5.56 Å². The summed E-state index contributed by atoms with van der Waals surface area (Å²) in [6.45, 7) is 6.62. The molecule has 1 unspecified atom stereocenters. The standard InChI is InChI=1S/C16H20O4/c1-4-12-7-9-13(10-8-12)16(19-6-3)11-14(18-5-2)15(17)20-16/h7-11H,4-6H2,1-3H3. The first-order valence-corrected chi connectivity index (χ1v) is 6.97. The Morgan fingerprint density at radius 1 is 1.10 bits per heavy atom. The Hall–Kier alpha value is -1.81. The van der Waals surface area contributed by atoms with Gasteiger partial charge in [-0.3, -0.25) is 0 Å². The van der Waals surface area contributed by atoms with Crippen LogP contribution in [0.25, 0.3) is 0 Å². The van der Waals surface area contributed by atoms with Crippen molar-refractivity contribution in [1.29, 1.82) is 0 Å². The van der Waals surface area contributed by atoms with Gasteiger partial charge in [-0.05, 0) is 25.8 Å². The van der Waals surface area contributed by atoms with Crippen LogP contribution in [0.5, 0.6) is 0 Å². The second kappa shape index (κ2) is 6.09. The first-order chi connectivity index (χ1) is 9.65. The van der Waals surface area contributed by atoms with Crippen molar-refractivity contribution in [2.75, 3.05) is 13.2 Å². The predicted molar refractivity (Wildman–Crippen MR) is 74.9 cm³/mol. The molecule has 0 bridgehead atoms. The van der Waals surface area contributed by atoms with Crippen molar-refractivity contribution in [2.45, 2.75) is 33.0 Å². The molecular formula is C16H20O4. The third-order valence-corrected chi connectivity index (χ3v) is 3.19. The van der Waals surface area contributed by atoms with Crippen molar-refractivity contribution >= 4 is 5.97 Å². The van der Waals surface area contributed by atoms with E-state index < -0.39 is 11.8 Å². The summed E-state index contributed by atoms with van der Waals surface area (Å²) in [6.07, 6.45) is 2.57. The van der Waals surface area contributed by atoms with Crippen LogP contribution < -0.4 is 0 Å². The molecule has 0 spiro atoms. The van der Waals surface area contributed by atoms with E-state index in [1.54, 1.807) is 6.08 Å². The van der Waals surface area contributed by atoms with Crippen molar-refractivity contribution in [2.24, 2.45) is 0 Å². The molecule has 0 N–H and O–H groups in total. The summed E-state index contributed by atoms with van der Waals surface area (Å²) < 4.78 is 16.4. The molecule has 20 heavy (non-hydrogen) atoms. The minimum atomic E-state index is -1.16. The highest BCUT2D eigenvalue weighted by atomic mass is 16.7. The zero-order valence-corrected chi connectivity index (χ0v) is 12.1. The Balaban J connectivity index is 2.37. The van der Waals surface area contributed by atoms with E-state index >= 15 is 0 Å². The third kappa shape index (κ3) is 2.70. The van der Waals surface area contributed by atoms with Crippen molar-refractivity contribution in [3.8, 4) is 0 Å². The fourth-order valence-electron chi connectivity index (χ4n) is 2.19. The molecule has 0 aromatic heterocycles. The maximum absolute atomic E-state index is 11.9. The summed E-state index contributed by atoms with van der Waals surface area (Å²) in [7, 11) is 0. The zero-order valence-electron chi connectivity index (χ0n) is 12.1. The highest BCUT2D eigenvalue weighted by Gasteiger charge is 2.43. The van der Waals surface area contributed by atoms with Crippen LogP contribution in [0.3, 0.4) is 0 Å². The number of hydrogen-bond donors (Lipinski definition) is 0. The molecule has 1 aliphatic heterocycles. The quantitative estimate of drug-likeness (QED) is 0.749. The Kier molecular flexibility index (Phi) is 4.45. The lowest BCUT2D eigenvalue weighted by atomic mass is 10.0. The van der Waals surface area contributed by atoms with Gasteiger partial charge in [0.2, 0.25) is 5.76 Å². The molecule has 1 aromatic carbocycles. The minimum Gasteiger partial charge on any atom is -0.487 e. The van der Waals surface area contributed by atoms with E-state index in [-0.39, 0.29) is 5.76 Å². The summed E-state index contributed by atoms with van der Waals surface area (Å²) >= 11 is 0. The number of aryl methyl sites for hydroxylation is 1. The number of benzene rings is 1. The molecule has 0 aliphatic carbocycles. The van der Waals surface area contributed by atoms with Gasteiger partial charge in [-0.2, -0.15) is 0 Å². The number of carbonyl (C=O) groups excluding carboxylic acids is 1. The van der Waals surface area contributed by atoms with Gasteiger partial charge in [0.15, 0.2) is 0 Å². The summed E-state index contributed by atoms with van der Waals surface area (Å²) in [5.74, 6) is -1.44. The fourth-order valence-corrected chi connectivity index (χ4v) is 2.19. The number of cyclic esters (lactones) is 1. The van der Waals surface area contributed by atoms with E-state index in [4.69, 9.17) is 14.2 Å². The molecule has 1 atom stereocenters. The van der Waals surface area contributed by atoms with Crippen LogP contribution in [-0.2, 0) is 31.2 Å². The van der Waals surface area contributed by atoms with Crippen LogP contribution in [0.1, 0.15) is 31.9 Å². The normalized spacial score (nSPS) is 21.6. The fraction of sp³-hybridized carbons (Fsp3) is 0.438. The van der Waals surface area contributed by atoms with E-state index in [2.05, 4.69) is 6.92 Å². The van der Waals surface area contributed by atoms with Gasteiger partial charge in [0, 0.05) is 18.2 Å². The van der Waals surface area contributed by atoms with Gasteiger partial charge in [0.25, 0.3) is 5.79 Å². The van der Waals surface area contributed by atoms with Gasteiger partial charge < -0.3 is 14.2 Å². The molecule has 2 rings (SSSR count). The lowest BCUT2D eigenvalue weighted by Gasteiger charge is -2.26. The van der Waals surface area contributed by atoms with Crippen LogP contribution in [0.4, 0.5) is 0 Å². The van der Waals surface area contributed by atoms with Gasteiger partial charge in [0.05, 0.1) is 6.61 Å². The number of hydrogen-bond acceptors (Lipinski definition) is 4. The molecule has 1 aliphatic rings. The summed E-state index contributed by atoms with van der Waals surface area (Å²) in [6, 6.07) is 7.87. The maximum atomic E-state index is 11.9. The zero-order chi connectivity index (χ0) is 14.6. The molecule has 0 radical (unpaired) electrons. The van der Waals surface area contributed by atoms with Gasteiger partial charge in [-0.15, -0.1) is 0 Å². The smallest absolute Gasteiger partial charge is 0.376 e. The molecule has 1 heterocycles. The topological polar surface area (TPSA) is 44.8 Å². The lowest BCUT2D eigenvalue weighted by molar-refractivity contribution is -0.202. The van der Waals surface area contributed by atoms with E-state index in [0.29, 0.717) is 13.2 Å². The average molecular weight is 276 g/mol. The largest absolute Gasteiger partial charge is 0.487 e. The number of rotatable bonds is 6. The Bertz CT molecular complexity index is 504.